The molecule has 0 saturated carbocycles. The zero-order chi connectivity index (χ0) is 11.1. The molecule has 0 fully saturated rings. The number of imidazole rings is 2. The summed E-state index contributed by atoms with van der Waals surface area (Å²) in [6.07, 6.45) is 16.5. The second-order valence-electron chi connectivity index (χ2n) is 4.02. The molecule has 0 bridgehead atoms. The van der Waals surface area contributed by atoms with E-state index in [9.17, 15) is 0 Å². The van der Waals surface area contributed by atoms with Gasteiger partial charge >= 0.3 is 0 Å². The van der Waals surface area contributed by atoms with Gasteiger partial charge in [-0.15, -0.1) is 24.8 Å². The van der Waals surface area contributed by atoms with Crippen LogP contribution in [-0.4, -0.2) is 19.1 Å². The first kappa shape index (κ1) is 17.0. The summed E-state index contributed by atoms with van der Waals surface area (Å²) in [5, 5.41) is 0. The highest BCUT2D eigenvalue weighted by molar-refractivity contribution is 5.85. The van der Waals surface area contributed by atoms with Crippen LogP contribution in [0.2, 0.25) is 0 Å². The fourth-order valence-corrected chi connectivity index (χ4v) is 1.78. The Balaban J connectivity index is 0.00000144. The smallest absolute Gasteiger partial charge is 0.0945 e. The van der Waals surface area contributed by atoms with E-state index in [1.54, 1.807) is 0 Å². The van der Waals surface area contributed by atoms with Crippen molar-refractivity contribution in [3.63, 3.8) is 0 Å². The molecule has 0 atom stereocenters. The third-order valence-corrected chi connectivity index (χ3v) is 2.70. The molecule has 2 heterocycles. The van der Waals surface area contributed by atoms with Crippen LogP contribution >= 0.6 is 24.8 Å². The maximum atomic E-state index is 4.02. The van der Waals surface area contributed by atoms with Crippen molar-refractivity contribution < 1.29 is 0 Å². The number of rotatable bonds is 7. The quantitative estimate of drug-likeness (QED) is 0.734. The first-order valence-electron chi connectivity index (χ1n) is 5.86. The molecule has 18 heavy (non-hydrogen) atoms. The molecule has 0 aromatic carbocycles. The molecule has 0 aliphatic carbocycles. The average molecular weight is 291 g/mol. The largest absolute Gasteiger partial charge is 0.337 e. The molecule has 6 heteroatoms. The highest BCUT2D eigenvalue weighted by Gasteiger charge is 1.93. The van der Waals surface area contributed by atoms with Gasteiger partial charge < -0.3 is 9.13 Å². The average Bonchev–Trinajstić information content (AvgIpc) is 2.96. The molecule has 102 valence electrons. The lowest BCUT2D eigenvalue weighted by Crippen LogP contribution is -1.96. The zero-order valence-electron chi connectivity index (χ0n) is 10.3. The van der Waals surface area contributed by atoms with Crippen LogP contribution in [0.4, 0.5) is 0 Å². The molecule has 0 radical (unpaired) electrons. The molecule has 0 amide bonds. The van der Waals surface area contributed by atoms with Crippen LogP contribution in [0.15, 0.2) is 37.4 Å². The van der Waals surface area contributed by atoms with Crippen molar-refractivity contribution in [3.05, 3.63) is 37.4 Å². The standard InChI is InChI=1S/C12H18N4.2ClH/c1(3-7-15-9-5-13-11-15)2-4-8-16-10-6-14-12-16;;/h5-6,9-12H,1-4,7-8H2;2*1H. The van der Waals surface area contributed by atoms with Gasteiger partial charge in [0.1, 0.15) is 0 Å². The van der Waals surface area contributed by atoms with E-state index in [2.05, 4.69) is 19.1 Å². The lowest BCUT2D eigenvalue weighted by molar-refractivity contribution is 0.539. The molecule has 2 aromatic heterocycles. The summed E-state index contributed by atoms with van der Waals surface area (Å²) in [4.78, 5) is 8.05. The summed E-state index contributed by atoms with van der Waals surface area (Å²) >= 11 is 0. The van der Waals surface area contributed by atoms with Crippen LogP contribution in [0, 0.1) is 0 Å². The third-order valence-electron chi connectivity index (χ3n) is 2.70. The van der Waals surface area contributed by atoms with E-state index in [-0.39, 0.29) is 24.8 Å². The Bertz CT molecular complexity index is 334. The van der Waals surface area contributed by atoms with Crippen LogP contribution < -0.4 is 0 Å². The second kappa shape index (κ2) is 9.97. The fraction of sp³-hybridized carbons (Fsp3) is 0.500. The maximum Gasteiger partial charge on any atom is 0.0945 e. The summed E-state index contributed by atoms with van der Waals surface area (Å²) < 4.78 is 4.27. The molecule has 0 spiro atoms. The van der Waals surface area contributed by atoms with Gasteiger partial charge in [-0.2, -0.15) is 0 Å². The Kier molecular flexibility index (Phi) is 9.42. The molecule has 0 aliphatic rings. The van der Waals surface area contributed by atoms with Crippen molar-refractivity contribution in [2.24, 2.45) is 0 Å². The molecule has 2 rings (SSSR count). The lowest BCUT2D eigenvalue weighted by atomic mass is 10.2. The number of hydrogen-bond acceptors (Lipinski definition) is 2. The van der Waals surface area contributed by atoms with Gasteiger partial charge in [-0.25, -0.2) is 9.97 Å². The molecule has 0 unspecified atom stereocenters. The third kappa shape index (κ3) is 6.07. The number of halogens is 2. The molecule has 0 saturated heterocycles. The Morgan fingerprint density at radius 1 is 0.667 bits per heavy atom. The Morgan fingerprint density at radius 3 is 1.44 bits per heavy atom. The van der Waals surface area contributed by atoms with E-state index in [0.29, 0.717) is 0 Å². The summed E-state index contributed by atoms with van der Waals surface area (Å²) in [6.45, 7) is 2.18. The van der Waals surface area contributed by atoms with Crippen LogP contribution in [0.3, 0.4) is 0 Å². The Labute approximate surface area is 120 Å². The number of unbranched alkanes of at least 4 members (excludes halogenated alkanes) is 3. The van der Waals surface area contributed by atoms with E-state index < -0.39 is 0 Å². The molecule has 2 aromatic rings. The highest BCUT2D eigenvalue weighted by atomic mass is 35.5. The lowest BCUT2D eigenvalue weighted by Gasteiger charge is -2.03. The SMILES string of the molecule is Cl.Cl.c1cn(CCCCCCn2ccnc2)cn1. The zero-order valence-corrected chi connectivity index (χ0v) is 11.9. The normalized spacial score (nSPS) is 9.56. The molecular weight excluding hydrogens is 271 g/mol. The van der Waals surface area contributed by atoms with E-state index >= 15 is 0 Å². The van der Waals surface area contributed by atoms with E-state index in [1.807, 2.05) is 37.4 Å². The highest BCUT2D eigenvalue weighted by Crippen LogP contribution is 2.03. The number of aryl methyl sites for hydroxylation is 2. The topological polar surface area (TPSA) is 35.6 Å². The first-order chi connectivity index (χ1) is 7.95. The van der Waals surface area contributed by atoms with Crippen molar-refractivity contribution in [1.29, 1.82) is 0 Å². The molecule has 0 N–H and O–H groups in total. The van der Waals surface area contributed by atoms with E-state index in [0.717, 1.165) is 13.1 Å². The van der Waals surface area contributed by atoms with Crippen molar-refractivity contribution >= 4 is 24.8 Å². The van der Waals surface area contributed by atoms with Crippen molar-refractivity contribution in [2.75, 3.05) is 0 Å². The Morgan fingerprint density at radius 2 is 1.11 bits per heavy atom. The van der Waals surface area contributed by atoms with Crippen molar-refractivity contribution in [1.82, 2.24) is 19.1 Å². The van der Waals surface area contributed by atoms with Gasteiger partial charge in [0, 0.05) is 37.9 Å². The molecule has 0 aliphatic heterocycles. The molecular formula is C12H20Cl2N4. The van der Waals surface area contributed by atoms with Crippen LogP contribution in [0.5, 0.6) is 0 Å². The van der Waals surface area contributed by atoms with Gasteiger partial charge in [0.15, 0.2) is 0 Å². The maximum absolute atomic E-state index is 4.02. The van der Waals surface area contributed by atoms with Gasteiger partial charge in [0.25, 0.3) is 0 Å². The minimum atomic E-state index is 0. The van der Waals surface area contributed by atoms with E-state index in [4.69, 9.17) is 0 Å². The minimum absolute atomic E-state index is 0. The van der Waals surface area contributed by atoms with Crippen molar-refractivity contribution in [3.8, 4) is 0 Å². The van der Waals surface area contributed by atoms with Crippen LogP contribution in [0.25, 0.3) is 0 Å². The summed E-state index contributed by atoms with van der Waals surface area (Å²) in [5.41, 5.74) is 0. The number of nitrogens with zero attached hydrogens (tertiary/aromatic N) is 4. The molecule has 4 nitrogen and oxygen atoms in total. The first-order valence-corrected chi connectivity index (χ1v) is 5.86. The van der Waals surface area contributed by atoms with Gasteiger partial charge in [-0.05, 0) is 12.8 Å². The minimum Gasteiger partial charge on any atom is -0.337 e. The van der Waals surface area contributed by atoms with Gasteiger partial charge in [-0.3, -0.25) is 0 Å². The number of aromatic nitrogens is 4. The second-order valence-corrected chi connectivity index (χ2v) is 4.02. The fourth-order valence-electron chi connectivity index (χ4n) is 1.78. The predicted molar refractivity (Wildman–Crippen MR) is 77.4 cm³/mol. The summed E-state index contributed by atoms with van der Waals surface area (Å²) in [6, 6.07) is 0. The van der Waals surface area contributed by atoms with Gasteiger partial charge in [0.05, 0.1) is 12.7 Å². The predicted octanol–water partition coefficient (Wildman–Crippen LogP) is 3.18. The number of hydrogen-bond donors (Lipinski definition) is 0. The van der Waals surface area contributed by atoms with Gasteiger partial charge in [-0.1, -0.05) is 12.8 Å². The summed E-state index contributed by atoms with van der Waals surface area (Å²) in [5.74, 6) is 0. The van der Waals surface area contributed by atoms with Gasteiger partial charge in [0.2, 0.25) is 0 Å². The summed E-state index contributed by atoms with van der Waals surface area (Å²) in [7, 11) is 0. The monoisotopic (exact) mass is 290 g/mol. The van der Waals surface area contributed by atoms with Crippen LogP contribution in [-0.2, 0) is 13.1 Å². The van der Waals surface area contributed by atoms with E-state index in [1.165, 1.54) is 25.7 Å². The van der Waals surface area contributed by atoms with Crippen LogP contribution in [0.1, 0.15) is 25.7 Å². The van der Waals surface area contributed by atoms with Crippen molar-refractivity contribution in [2.45, 2.75) is 38.8 Å². The Hall–Kier alpha value is -1.00.